The molecule has 1 aromatic carbocycles. The van der Waals surface area contributed by atoms with Gasteiger partial charge in [0.1, 0.15) is 5.75 Å². The van der Waals surface area contributed by atoms with Crippen LogP contribution in [0.4, 0.5) is 0 Å². The van der Waals surface area contributed by atoms with Crippen LogP contribution in [0.3, 0.4) is 0 Å². The molecule has 1 aliphatic heterocycles. The normalized spacial score (nSPS) is 19.4. The van der Waals surface area contributed by atoms with Crippen molar-refractivity contribution in [1.29, 1.82) is 0 Å². The van der Waals surface area contributed by atoms with Crippen LogP contribution >= 0.6 is 0 Å². The van der Waals surface area contributed by atoms with Crippen molar-refractivity contribution in [2.45, 2.75) is 40.5 Å². The Morgan fingerprint density at radius 1 is 1.33 bits per heavy atom. The summed E-state index contributed by atoms with van der Waals surface area (Å²) in [6.07, 6.45) is 2.30. The van der Waals surface area contributed by atoms with Gasteiger partial charge in [0.15, 0.2) is 0 Å². The van der Waals surface area contributed by atoms with Crippen molar-refractivity contribution in [1.82, 2.24) is 4.90 Å². The van der Waals surface area contributed by atoms with Crippen LogP contribution in [-0.2, 0) is 0 Å². The average molecular weight is 289 g/mol. The fourth-order valence-electron chi connectivity index (χ4n) is 2.96. The molecule has 1 amide bonds. The SMILES string of the molecule is CCOc1ccccc1C(=O)N1CCC[C@@H](C(C)(C)C)C1. The smallest absolute Gasteiger partial charge is 0.257 e. The summed E-state index contributed by atoms with van der Waals surface area (Å²) in [4.78, 5) is 14.8. The number of ether oxygens (including phenoxy) is 1. The lowest BCUT2D eigenvalue weighted by atomic mass is 9.76. The number of nitrogens with zero attached hydrogens (tertiary/aromatic N) is 1. The van der Waals surface area contributed by atoms with Crippen LogP contribution in [0.2, 0.25) is 0 Å². The van der Waals surface area contributed by atoms with Crippen molar-refractivity contribution in [2.24, 2.45) is 11.3 Å². The largest absolute Gasteiger partial charge is 0.493 e. The van der Waals surface area contributed by atoms with Gasteiger partial charge in [0.2, 0.25) is 0 Å². The molecule has 0 aliphatic carbocycles. The van der Waals surface area contributed by atoms with E-state index < -0.39 is 0 Å². The van der Waals surface area contributed by atoms with Crippen molar-refractivity contribution in [3.63, 3.8) is 0 Å². The fourth-order valence-corrected chi connectivity index (χ4v) is 2.96. The highest BCUT2D eigenvalue weighted by Crippen LogP contribution is 2.34. The summed E-state index contributed by atoms with van der Waals surface area (Å²) in [5.74, 6) is 1.37. The second kappa shape index (κ2) is 6.50. The van der Waals surface area contributed by atoms with Crippen LogP contribution in [0.25, 0.3) is 0 Å². The Kier molecular flexibility index (Phi) is 4.92. The second-order valence-electron chi connectivity index (χ2n) is 6.89. The molecule has 3 nitrogen and oxygen atoms in total. The van der Waals surface area contributed by atoms with Crippen molar-refractivity contribution in [2.75, 3.05) is 19.7 Å². The monoisotopic (exact) mass is 289 g/mol. The molecule has 2 rings (SSSR count). The minimum Gasteiger partial charge on any atom is -0.493 e. The Bertz CT molecular complexity index is 490. The number of piperidine rings is 1. The van der Waals surface area contributed by atoms with E-state index in [1.807, 2.05) is 36.1 Å². The maximum Gasteiger partial charge on any atom is 0.257 e. The van der Waals surface area contributed by atoms with Crippen molar-refractivity contribution in [3.8, 4) is 5.75 Å². The molecule has 0 spiro atoms. The molecule has 1 atom stereocenters. The minimum atomic E-state index is 0.105. The molecule has 1 aromatic rings. The first kappa shape index (κ1) is 15.9. The standard InChI is InChI=1S/C18H27NO2/c1-5-21-16-11-7-6-10-15(16)17(20)19-12-8-9-14(13-19)18(2,3)4/h6-7,10-11,14H,5,8-9,12-13H2,1-4H3/t14-/m1/s1. The van der Waals surface area contributed by atoms with E-state index in [0.717, 1.165) is 19.5 Å². The molecule has 21 heavy (non-hydrogen) atoms. The van der Waals surface area contributed by atoms with Crippen molar-refractivity contribution >= 4 is 5.91 Å². The van der Waals surface area contributed by atoms with E-state index in [-0.39, 0.29) is 11.3 Å². The number of likely N-dealkylation sites (tertiary alicyclic amines) is 1. The summed E-state index contributed by atoms with van der Waals surface area (Å²) in [6.45, 7) is 11.0. The predicted molar refractivity (Wildman–Crippen MR) is 85.7 cm³/mol. The Morgan fingerprint density at radius 3 is 2.71 bits per heavy atom. The lowest BCUT2D eigenvalue weighted by Crippen LogP contribution is -2.43. The van der Waals surface area contributed by atoms with Gasteiger partial charge in [0.05, 0.1) is 12.2 Å². The highest BCUT2D eigenvalue weighted by molar-refractivity contribution is 5.97. The summed E-state index contributed by atoms with van der Waals surface area (Å²) >= 11 is 0. The van der Waals surface area contributed by atoms with Crippen LogP contribution in [0.5, 0.6) is 5.75 Å². The first-order valence-corrected chi connectivity index (χ1v) is 7.94. The molecule has 1 heterocycles. The summed E-state index contributed by atoms with van der Waals surface area (Å²) in [6, 6.07) is 7.56. The van der Waals surface area contributed by atoms with Crippen LogP contribution < -0.4 is 4.74 Å². The molecule has 0 aromatic heterocycles. The second-order valence-corrected chi connectivity index (χ2v) is 6.89. The molecule has 0 N–H and O–H groups in total. The van der Waals surface area contributed by atoms with Crippen LogP contribution in [0.1, 0.15) is 50.9 Å². The van der Waals surface area contributed by atoms with Gasteiger partial charge in [0, 0.05) is 13.1 Å². The van der Waals surface area contributed by atoms with Gasteiger partial charge in [-0.05, 0) is 43.2 Å². The summed E-state index contributed by atoms with van der Waals surface area (Å²) in [5, 5.41) is 0. The van der Waals surface area contributed by atoms with E-state index in [1.165, 1.54) is 6.42 Å². The van der Waals surface area contributed by atoms with Gasteiger partial charge in [-0.25, -0.2) is 0 Å². The number of amides is 1. The summed E-state index contributed by atoms with van der Waals surface area (Å²) in [7, 11) is 0. The molecule has 0 radical (unpaired) electrons. The third-order valence-electron chi connectivity index (χ3n) is 4.35. The zero-order valence-corrected chi connectivity index (χ0v) is 13.7. The van der Waals surface area contributed by atoms with Gasteiger partial charge in [-0.2, -0.15) is 0 Å². The molecular formula is C18H27NO2. The molecule has 3 heteroatoms. The maximum absolute atomic E-state index is 12.8. The zero-order valence-electron chi connectivity index (χ0n) is 13.7. The molecule has 0 unspecified atom stereocenters. The Labute approximate surface area is 128 Å². The van der Waals surface area contributed by atoms with Gasteiger partial charge < -0.3 is 9.64 Å². The third-order valence-corrected chi connectivity index (χ3v) is 4.35. The number of rotatable bonds is 3. The molecule has 0 bridgehead atoms. The minimum absolute atomic E-state index is 0.105. The topological polar surface area (TPSA) is 29.5 Å². The van der Waals surface area contributed by atoms with E-state index in [9.17, 15) is 4.79 Å². The van der Waals surface area contributed by atoms with Gasteiger partial charge in [-0.1, -0.05) is 32.9 Å². The fraction of sp³-hybridized carbons (Fsp3) is 0.611. The molecule has 0 saturated carbocycles. The van der Waals surface area contributed by atoms with Gasteiger partial charge in [0.25, 0.3) is 5.91 Å². The van der Waals surface area contributed by atoms with E-state index in [1.54, 1.807) is 0 Å². The summed E-state index contributed by atoms with van der Waals surface area (Å²) in [5.41, 5.74) is 0.937. The van der Waals surface area contributed by atoms with Gasteiger partial charge in [-0.15, -0.1) is 0 Å². The number of carbonyl (C=O) groups is 1. The molecule has 1 fully saturated rings. The zero-order chi connectivity index (χ0) is 15.5. The van der Waals surface area contributed by atoms with E-state index in [0.29, 0.717) is 23.8 Å². The number of benzene rings is 1. The first-order chi connectivity index (χ1) is 9.93. The number of carbonyl (C=O) groups excluding carboxylic acids is 1. The van der Waals surface area contributed by atoms with E-state index in [2.05, 4.69) is 20.8 Å². The summed E-state index contributed by atoms with van der Waals surface area (Å²) < 4.78 is 5.60. The highest BCUT2D eigenvalue weighted by atomic mass is 16.5. The molecule has 116 valence electrons. The number of hydrogen-bond acceptors (Lipinski definition) is 2. The number of para-hydroxylation sites is 1. The molecule has 1 aliphatic rings. The van der Waals surface area contributed by atoms with Crippen LogP contribution in [-0.4, -0.2) is 30.5 Å². The lowest BCUT2D eigenvalue weighted by Gasteiger charge is -2.39. The highest BCUT2D eigenvalue weighted by Gasteiger charge is 2.32. The quantitative estimate of drug-likeness (QED) is 0.842. The van der Waals surface area contributed by atoms with Crippen LogP contribution in [0, 0.1) is 11.3 Å². The molecular weight excluding hydrogens is 262 g/mol. The van der Waals surface area contributed by atoms with E-state index in [4.69, 9.17) is 4.74 Å². The Morgan fingerprint density at radius 2 is 2.05 bits per heavy atom. The van der Waals surface area contributed by atoms with E-state index >= 15 is 0 Å². The van der Waals surface area contributed by atoms with Gasteiger partial charge in [-0.3, -0.25) is 4.79 Å². The average Bonchev–Trinajstić information content (AvgIpc) is 2.47. The van der Waals surface area contributed by atoms with Crippen molar-refractivity contribution in [3.05, 3.63) is 29.8 Å². The van der Waals surface area contributed by atoms with Crippen molar-refractivity contribution < 1.29 is 9.53 Å². The first-order valence-electron chi connectivity index (χ1n) is 7.94. The Hall–Kier alpha value is -1.51. The maximum atomic E-state index is 12.8. The third kappa shape index (κ3) is 3.78. The predicted octanol–water partition coefficient (Wildman–Crippen LogP) is 3.98. The Balaban J connectivity index is 2.16. The lowest BCUT2D eigenvalue weighted by molar-refractivity contribution is 0.0559. The molecule has 1 saturated heterocycles. The van der Waals surface area contributed by atoms with Crippen LogP contribution in [0.15, 0.2) is 24.3 Å². The van der Waals surface area contributed by atoms with Gasteiger partial charge >= 0.3 is 0 Å². The number of hydrogen-bond donors (Lipinski definition) is 0.